The lowest BCUT2D eigenvalue weighted by Gasteiger charge is -2.29. The second-order valence-corrected chi connectivity index (χ2v) is 10.6. The van der Waals surface area contributed by atoms with Crippen molar-refractivity contribution in [1.82, 2.24) is 14.1 Å². The van der Waals surface area contributed by atoms with Crippen molar-refractivity contribution >= 4 is 21.7 Å². The van der Waals surface area contributed by atoms with E-state index in [0.717, 1.165) is 31.0 Å². The lowest BCUT2D eigenvalue weighted by molar-refractivity contribution is 0.102. The van der Waals surface area contributed by atoms with E-state index in [9.17, 15) is 22.0 Å². The topological polar surface area (TPSA) is 84.3 Å². The fraction of sp³-hybridized carbons (Fsp3) is 0.333. The van der Waals surface area contributed by atoms with E-state index in [-0.39, 0.29) is 22.6 Å². The van der Waals surface area contributed by atoms with Gasteiger partial charge in [0, 0.05) is 29.8 Å². The van der Waals surface area contributed by atoms with Gasteiger partial charge in [-0.1, -0.05) is 6.92 Å². The molecule has 0 aliphatic carbocycles. The number of sulfonamides is 1. The Bertz CT molecular complexity index is 1300. The zero-order chi connectivity index (χ0) is 24.5. The van der Waals surface area contributed by atoms with Crippen LogP contribution >= 0.6 is 0 Å². The molecule has 0 saturated carbocycles. The van der Waals surface area contributed by atoms with Crippen LogP contribution in [0.1, 0.15) is 41.3 Å². The number of carbonyl (C=O) groups is 1. The normalized spacial score (nSPS) is 15.4. The molecule has 34 heavy (non-hydrogen) atoms. The number of anilines is 1. The quantitative estimate of drug-likeness (QED) is 0.564. The molecule has 1 aliphatic heterocycles. The maximum atomic E-state index is 14.1. The molecule has 2 heterocycles. The Balaban J connectivity index is 1.49. The van der Waals surface area contributed by atoms with Crippen molar-refractivity contribution < 1.29 is 22.0 Å². The lowest BCUT2D eigenvalue weighted by Crippen LogP contribution is -2.37. The molecule has 2 aromatic carbocycles. The summed E-state index contributed by atoms with van der Waals surface area (Å²) in [5.41, 5.74) is 0.999. The molecule has 180 valence electrons. The summed E-state index contributed by atoms with van der Waals surface area (Å²) in [6, 6.07) is 8.92. The molecular weight excluding hydrogens is 462 g/mol. The van der Waals surface area contributed by atoms with Crippen LogP contribution in [0, 0.1) is 24.5 Å². The molecule has 0 bridgehead atoms. The van der Waals surface area contributed by atoms with E-state index in [4.69, 9.17) is 0 Å². The molecule has 4 rings (SSSR count). The van der Waals surface area contributed by atoms with Crippen molar-refractivity contribution in [1.29, 1.82) is 0 Å². The molecule has 0 atom stereocenters. The molecular formula is C24H26F2N4O3S. The highest BCUT2D eigenvalue weighted by molar-refractivity contribution is 7.89. The average Bonchev–Trinajstić information content (AvgIpc) is 3.15. The van der Waals surface area contributed by atoms with Crippen LogP contribution in [0.3, 0.4) is 0 Å². The third-order valence-corrected chi connectivity index (χ3v) is 7.99. The van der Waals surface area contributed by atoms with Crippen molar-refractivity contribution in [2.75, 3.05) is 18.4 Å². The second kappa shape index (κ2) is 9.63. The van der Waals surface area contributed by atoms with Crippen molar-refractivity contribution in [3.05, 3.63) is 77.0 Å². The summed E-state index contributed by atoms with van der Waals surface area (Å²) in [6.07, 6.45) is 3.17. The Morgan fingerprint density at radius 3 is 2.47 bits per heavy atom. The summed E-state index contributed by atoms with van der Waals surface area (Å²) >= 11 is 0. The summed E-state index contributed by atoms with van der Waals surface area (Å²) in [4.78, 5) is 13.0. The van der Waals surface area contributed by atoms with Gasteiger partial charge in [-0.05, 0) is 68.1 Å². The Labute approximate surface area is 197 Å². The summed E-state index contributed by atoms with van der Waals surface area (Å²) in [6.45, 7) is 4.75. The average molecular weight is 489 g/mol. The summed E-state index contributed by atoms with van der Waals surface area (Å²) in [7, 11) is -3.61. The van der Waals surface area contributed by atoms with Gasteiger partial charge in [0.15, 0.2) is 0 Å². The third-order valence-electron chi connectivity index (χ3n) is 6.08. The number of benzene rings is 2. The molecule has 0 unspecified atom stereocenters. The number of halogens is 2. The number of hydrogen-bond acceptors (Lipinski definition) is 4. The van der Waals surface area contributed by atoms with Crippen LogP contribution in [0.5, 0.6) is 0 Å². The molecule has 1 amide bonds. The van der Waals surface area contributed by atoms with Crippen molar-refractivity contribution in [2.45, 2.75) is 38.1 Å². The zero-order valence-electron chi connectivity index (χ0n) is 19.0. The molecule has 1 aliphatic rings. The van der Waals surface area contributed by atoms with Crippen LogP contribution in [-0.4, -0.2) is 41.5 Å². The maximum absolute atomic E-state index is 14.1. The van der Waals surface area contributed by atoms with E-state index in [1.54, 1.807) is 6.92 Å². The summed E-state index contributed by atoms with van der Waals surface area (Å²) in [5, 5.41) is 6.90. The number of amides is 1. The fourth-order valence-electron chi connectivity index (χ4n) is 3.92. The molecule has 1 N–H and O–H groups in total. The van der Waals surface area contributed by atoms with Gasteiger partial charge in [0.25, 0.3) is 5.91 Å². The Morgan fingerprint density at radius 2 is 1.79 bits per heavy atom. The van der Waals surface area contributed by atoms with Crippen molar-refractivity contribution in [3.8, 4) is 0 Å². The Hall–Kier alpha value is -3.11. The molecule has 0 spiro atoms. The number of nitrogens with one attached hydrogen (secondary N) is 1. The minimum absolute atomic E-state index is 0.0708. The van der Waals surface area contributed by atoms with Gasteiger partial charge >= 0.3 is 0 Å². The Kier molecular flexibility index (Phi) is 6.81. The molecule has 0 radical (unpaired) electrons. The maximum Gasteiger partial charge on any atom is 0.256 e. The predicted octanol–water partition coefficient (Wildman–Crippen LogP) is 4.19. The lowest BCUT2D eigenvalue weighted by atomic mass is 10.0. The smallest absolute Gasteiger partial charge is 0.256 e. The standard InChI is InChI=1S/C24H26F2N4O3S/c1-16-9-11-29(12-10-16)34(32,33)21-6-3-18(4-7-21)24(31)28-23-17(2)14-27-30(23)15-19-13-20(25)5-8-22(19)26/h3-8,13-14,16H,9-12,15H2,1-2H3,(H,28,31). The monoisotopic (exact) mass is 488 g/mol. The molecule has 1 fully saturated rings. The molecule has 3 aromatic rings. The van der Waals surface area contributed by atoms with Gasteiger partial charge in [0.05, 0.1) is 17.6 Å². The van der Waals surface area contributed by atoms with Crippen LogP contribution in [0.4, 0.5) is 14.6 Å². The number of hydrogen-bond donors (Lipinski definition) is 1. The SMILES string of the molecule is Cc1cnn(Cc2cc(F)ccc2F)c1NC(=O)c1ccc(S(=O)(=O)N2CCC(C)CC2)cc1. The minimum Gasteiger partial charge on any atom is -0.307 e. The number of rotatable bonds is 6. The number of piperidine rings is 1. The first-order valence-corrected chi connectivity index (χ1v) is 12.5. The third kappa shape index (κ3) is 5.02. The molecule has 10 heteroatoms. The molecule has 7 nitrogen and oxygen atoms in total. The van der Waals surface area contributed by atoms with Gasteiger partial charge in [-0.3, -0.25) is 4.79 Å². The highest BCUT2D eigenvalue weighted by atomic mass is 32.2. The van der Waals surface area contributed by atoms with Crippen LogP contribution in [-0.2, 0) is 16.6 Å². The number of nitrogens with zero attached hydrogens (tertiary/aromatic N) is 3. The first kappa shape index (κ1) is 24.0. The first-order chi connectivity index (χ1) is 16.1. The highest BCUT2D eigenvalue weighted by Gasteiger charge is 2.28. The van der Waals surface area contributed by atoms with Gasteiger partial charge < -0.3 is 5.32 Å². The second-order valence-electron chi connectivity index (χ2n) is 8.63. The number of carbonyl (C=O) groups excluding carboxylic acids is 1. The van der Waals surface area contributed by atoms with E-state index in [2.05, 4.69) is 17.3 Å². The first-order valence-electron chi connectivity index (χ1n) is 11.0. The van der Waals surface area contributed by atoms with Gasteiger partial charge in [-0.25, -0.2) is 21.9 Å². The van der Waals surface area contributed by atoms with Gasteiger partial charge in [0.2, 0.25) is 10.0 Å². The van der Waals surface area contributed by atoms with Crippen molar-refractivity contribution in [3.63, 3.8) is 0 Å². The van der Waals surface area contributed by atoms with Crippen LogP contribution in [0.25, 0.3) is 0 Å². The van der Waals surface area contributed by atoms with Crippen LogP contribution in [0.15, 0.2) is 53.6 Å². The predicted molar refractivity (Wildman–Crippen MR) is 124 cm³/mol. The summed E-state index contributed by atoms with van der Waals surface area (Å²) in [5.74, 6) is -0.772. The van der Waals surface area contributed by atoms with E-state index in [1.165, 1.54) is 39.4 Å². The van der Waals surface area contributed by atoms with Crippen LogP contribution < -0.4 is 5.32 Å². The van der Waals surface area contributed by atoms with E-state index in [1.807, 2.05) is 0 Å². The largest absolute Gasteiger partial charge is 0.307 e. The van der Waals surface area contributed by atoms with Crippen LogP contribution in [0.2, 0.25) is 0 Å². The fourth-order valence-corrected chi connectivity index (χ4v) is 5.39. The van der Waals surface area contributed by atoms with Gasteiger partial charge in [0.1, 0.15) is 17.5 Å². The van der Waals surface area contributed by atoms with E-state index >= 15 is 0 Å². The minimum atomic E-state index is -3.61. The van der Waals surface area contributed by atoms with E-state index in [0.29, 0.717) is 30.4 Å². The highest BCUT2D eigenvalue weighted by Crippen LogP contribution is 2.24. The number of aryl methyl sites for hydroxylation is 1. The zero-order valence-corrected chi connectivity index (χ0v) is 19.8. The summed E-state index contributed by atoms with van der Waals surface area (Å²) < 4.78 is 56.3. The Morgan fingerprint density at radius 1 is 1.12 bits per heavy atom. The van der Waals surface area contributed by atoms with Gasteiger partial charge in [-0.2, -0.15) is 9.40 Å². The molecule has 1 saturated heterocycles. The van der Waals surface area contributed by atoms with Crippen molar-refractivity contribution in [2.24, 2.45) is 5.92 Å². The van der Waals surface area contributed by atoms with Gasteiger partial charge in [-0.15, -0.1) is 0 Å². The van der Waals surface area contributed by atoms with E-state index < -0.39 is 27.6 Å². The molecule has 1 aromatic heterocycles. The number of aromatic nitrogens is 2.